The second kappa shape index (κ2) is 8.76. The summed E-state index contributed by atoms with van der Waals surface area (Å²) in [5.41, 5.74) is 6.17. The molecule has 114 valence electrons. The number of benzene rings is 1. The number of carbonyl (C=O) groups is 1. The van der Waals surface area contributed by atoms with Crippen LogP contribution >= 0.6 is 0 Å². The molecule has 0 aliphatic rings. The number of hydrogen-bond donors (Lipinski definition) is 3. The summed E-state index contributed by atoms with van der Waals surface area (Å²) in [4.78, 5) is 15.0. The van der Waals surface area contributed by atoms with E-state index < -0.39 is 12.0 Å². The standard InChI is InChI=1S/C15H20N2O4/c1-21-14-10-11(6-7-13(14)18)4-3-9-17-12(15(19)20)5-2-8-16/h3-4,6-7,9-10,12,18H,2,5,8,16H2,1H3,(H,19,20)/b4-3+,17-9?/t12-/m0/s1. The highest BCUT2D eigenvalue weighted by molar-refractivity contribution is 5.82. The van der Waals surface area contributed by atoms with Crippen LogP contribution in [0, 0.1) is 0 Å². The minimum absolute atomic E-state index is 0.0658. The van der Waals surface area contributed by atoms with Gasteiger partial charge in [0.15, 0.2) is 11.5 Å². The van der Waals surface area contributed by atoms with Gasteiger partial charge in [-0.2, -0.15) is 0 Å². The number of allylic oxidation sites excluding steroid dienone is 1. The van der Waals surface area contributed by atoms with Crippen molar-refractivity contribution in [3.63, 3.8) is 0 Å². The Bertz CT molecular complexity index is 526. The number of carboxylic acids is 1. The molecule has 0 unspecified atom stereocenters. The van der Waals surface area contributed by atoms with E-state index >= 15 is 0 Å². The van der Waals surface area contributed by atoms with Crippen molar-refractivity contribution < 1.29 is 19.7 Å². The van der Waals surface area contributed by atoms with Gasteiger partial charge in [0.25, 0.3) is 0 Å². The van der Waals surface area contributed by atoms with Gasteiger partial charge < -0.3 is 20.7 Å². The maximum absolute atomic E-state index is 11.0. The fraction of sp³-hybridized carbons (Fsp3) is 0.333. The predicted octanol–water partition coefficient (Wildman–Crippen LogP) is 1.68. The van der Waals surface area contributed by atoms with Crippen LogP contribution in [0.5, 0.6) is 11.5 Å². The molecule has 4 N–H and O–H groups in total. The van der Waals surface area contributed by atoms with E-state index in [-0.39, 0.29) is 5.75 Å². The van der Waals surface area contributed by atoms with E-state index in [1.54, 1.807) is 24.3 Å². The topological polar surface area (TPSA) is 105 Å². The van der Waals surface area contributed by atoms with Gasteiger partial charge in [-0.1, -0.05) is 12.1 Å². The molecule has 6 heteroatoms. The Balaban J connectivity index is 2.67. The van der Waals surface area contributed by atoms with Gasteiger partial charge in [-0.3, -0.25) is 4.99 Å². The first kappa shape index (κ1) is 16.7. The molecule has 1 aromatic carbocycles. The summed E-state index contributed by atoms with van der Waals surface area (Å²) in [6, 6.07) is 4.14. The third-order valence-electron chi connectivity index (χ3n) is 2.81. The second-order valence-corrected chi connectivity index (χ2v) is 4.37. The first-order valence-electron chi connectivity index (χ1n) is 6.58. The number of hydrogen-bond acceptors (Lipinski definition) is 5. The van der Waals surface area contributed by atoms with Crippen LogP contribution in [-0.2, 0) is 4.79 Å². The lowest BCUT2D eigenvalue weighted by atomic mass is 10.1. The highest BCUT2D eigenvalue weighted by Crippen LogP contribution is 2.26. The van der Waals surface area contributed by atoms with E-state index in [4.69, 9.17) is 15.6 Å². The quantitative estimate of drug-likeness (QED) is 0.632. The Morgan fingerprint density at radius 2 is 2.29 bits per heavy atom. The Labute approximate surface area is 123 Å². The van der Waals surface area contributed by atoms with Crippen LogP contribution in [0.4, 0.5) is 0 Å². The van der Waals surface area contributed by atoms with Crippen LogP contribution in [0.25, 0.3) is 6.08 Å². The fourth-order valence-corrected chi connectivity index (χ4v) is 1.68. The predicted molar refractivity (Wildman–Crippen MR) is 81.9 cm³/mol. The number of aromatic hydroxyl groups is 1. The molecule has 6 nitrogen and oxygen atoms in total. The SMILES string of the molecule is COc1cc(/C=C/C=N[C@@H](CCCN)C(=O)O)ccc1O. The van der Waals surface area contributed by atoms with Crippen LogP contribution in [0.1, 0.15) is 18.4 Å². The number of nitrogens with two attached hydrogens (primary N) is 1. The van der Waals surface area contributed by atoms with Crippen LogP contribution in [0.15, 0.2) is 29.3 Å². The second-order valence-electron chi connectivity index (χ2n) is 4.37. The molecule has 0 amide bonds. The van der Waals surface area contributed by atoms with Gasteiger partial charge in [0.1, 0.15) is 6.04 Å². The third-order valence-corrected chi connectivity index (χ3v) is 2.81. The van der Waals surface area contributed by atoms with Crippen molar-refractivity contribution >= 4 is 18.3 Å². The zero-order valence-electron chi connectivity index (χ0n) is 11.9. The van der Waals surface area contributed by atoms with Gasteiger partial charge in [0.05, 0.1) is 7.11 Å². The molecule has 0 aliphatic carbocycles. The molecule has 1 rings (SSSR count). The molecule has 1 aromatic rings. The monoisotopic (exact) mass is 292 g/mol. The van der Waals surface area contributed by atoms with Crippen LogP contribution in [0.2, 0.25) is 0 Å². The summed E-state index contributed by atoms with van der Waals surface area (Å²) in [5.74, 6) is -0.518. The van der Waals surface area contributed by atoms with E-state index in [9.17, 15) is 9.90 Å². The molecule has 0 heterocycles. The number of aliphatic carboxylic acids is 1. The largest absolute Gasteiger partial charge is 0.504 e. The number of methoxy groups -OCH3 is 1. The van der Waals surface area contributed by atoms with E-state index in [0.29, 0.717) is 25.1 Å². The van der Waals surface area contributed by atoms with E-state index in [1.165, 1.54) is 19.4 Å². The van der Waals surface area contributed by atoms with Gasteiger partial charge in [-0.25, -0.2) is 4.79 Å². The molecule has 0 radical (unpaired) electrons. The summed E-state index contributed by atoms with van der Waals surface area (Å²) in [6.07, 6.45) is 5.88. The minimum atomic E-state index is -0.959. The normalized spacial score (nSPS) is 12.9. The Morgan fingerprint density at radius 1 is 1.52 bits per heavy atom. The van der Waals surface area contributed by atoms with Crippen LogP contribution in [0.3, 0.4) is 0 Å². The smallest absolute Gasteiger partial charge is 0.328 e. The Morgan fingerprint density at radius 3 is 2.90 bits per heavy atom. The first-order chi connectivity index (χ1) is 10.1. The van der Waals surface area contributed by atoms with Gasteiger partial charge in [0.2, 0.25) is 0 Å². The zero-order valence-corrected chi connectivity index (χ0v) is 11.9. The van der Waals surface area contributed by atoms with Crippen LogP contribution < -0.4 is 10.5 Å². The van der Waals surface area contributed by atoms with E-state index in [1.807, 2.05) is 0 Å². The van der Waals surface area contributed by atoms with Gasteiger partial charge >= 0.3 is 5.97 Å². The van der Waals surface area contributed by atoms with Crippen molar-refractivity contribution in [2.45, 2.75) is 18.9 Å². The summed E-state index contributed by atoms with van der Waals surface area (Å²) in [7, 11) is 1.47. The van der Waals surface area contributed by atoms with Crippen molar-refractivity contribution in [3.8, 4) is 11.5 Å². The molecule has 1 atom stereocenters. The van der Waals surface area contributed by atoms with Gasteiger partial charge in [0, 0.05) is 6.21 Å². The van der Waals surface area contributed by atoms with Crippen molar-refractivity contribution in [2.24, 2.45) is 10.7 Å². The summed E-state index contributed by atoms with van der Waals surface area (Å²) < 4.78 is 5.00. The average Bonchev–Trinajstić information content (AvgIpc) is 2.47. The number of nitrogens with zero attached hydrogens (tertiary/aromatic N) is 1. The molecule has 0 aliphatic heterocycles. The summed E-state index contributed by atoms with van der Waals surface area (Å²) >= 11 is 0. The Hall–Kier alpha value is -2.34. The summed E-state index contributed by atoms with van der Waals surface area (Å²) in [5, 5.41) is 18.5. The molecule has 0 spiro atoms. The zero-order chi connectivity index (χ0) is 15.7. The summed E-state index contributed by atoms with van der Waals surface area (Å²) in [6.45, 7) is 0.447. The van der Waals surface area contributed by atoms with E-state index in [0.717, 1.165) is 5.56 Å². The first-order valence-corrected chi connectivity index (χ1v) is 6.58. The van der Waals surface area contributed by atoms with Gasteiger partial charge in [-0.15, -0.1) is 0 Å². The maximum atomic E-state index is 11.0. The molecular weight excluding hydrogens is 272 g/mol. The lowest BCUT2D eigenvalue weighted by Crippen LogP contribution is -2.19. The number of carboxylic acid groups (broad SMARTS) is 1. The third kappa shape index (κ3) is 5.66. The number of phenols is 1. The Kier molecular flexibility index (Phi) is 6.97. The molecule has 21 heavy (non-hydrogen) atoms. The van der Waals surface area contributed by atoms with Crippen molar-refractivity contribution in [1.29, 1.82) is 0 Å². The molecule has 0 saturated heterocycles. The maximum Gasteiger partial charge on any atom is 0.328 e. The minimum Gasteiger partial charge on any atom is -0.504 e. The number of rotatable bonds is 8. The lowest BCUT2D eigenvalue weighted by Gasteiger charge is -2.05. The molecule has 0 aromatic heterocycles. The average molecular weight is 292 g/mol. The number of ether oxygens (including phenoxy) is 1. The lowest BCUT2D eigenvalue weighted by molar-refractivity contribution is -0.138. The van der Waals surface area contributed by atoms with Gasteiger partial charge in [-0.05, 0) is 43.2 Å². The number of phenolic OH excluding ortho intramolecular Hbond substituents is 1. The molecule has 0 bridgehead atoms. The van der Waals surface area contributed by atoms with Crippen LogP contribution in [-0.4, -0.2) is 42.1 Å². The van der Waals surface area contributed by atoms with Crippen molar-refractivity contribution in [3.05, 3.63) is 29.8 Å². The molecular formula is C15H20N2O4. The molecule has 0 fully saturated rings. The number of aliphatic imine (C=N–C) groups is 1. The van der Waals surface area contributed by atoms with Crippen molar-refractivity contribution in [1.82, 2.24) is 0 Å². The molecule has 0 saturated carbocycles. The highest BCUT2D eigenvalue weighted by atomic mass is 16.5. The highest BCUT2D eigenvalue weighted by Gasteiger charge is 2.13. The van der Waals surface area contributed by atoms with Crippen molar-refractivity contribution in [2.75, 3.05) is 13.7 Å². The van der Waals surface area contributed by atoms with E-state index in [2.05, 4.69) is 4.99 Å². The fourth-order valence-electron chi connectivity index (χ4n) is 1.68.